The maximum atomic E-state index is 11.8. The Morgan fingerprint density at radius 1 is 1.37 bits per heavy atom. The molecule has 0 atom stereocenters. The number of anilines is 2. The van der Waals surface area contributed by atoms with Crippen molar-refractivity contribution in [3.63, 3.8) is 0 Å². The van der Waals surface area contributed by atoms with Crippen molar-refractivity contribution < 1.29 is 9.72 Å². The summed E-state index contributed by atoms with van der Waals surface area (Å²) in [7, 11) is 1.77. The number of hydrogen-bond acceptors (Lipinski definition) is 5. The van der Waals surface area contributed by atoms with Gasteiger partial charge in [0.05, 0.1) is 22.8 Å². The average Bonchev–Trinajstić information content (AvgIpc) is 2.52. The van der Waals surface area contributed by atoms with Crippen LogP contribution in [0.1, 0.15) is 6.42 Å². The van der Waals surface area contributed by atoms with E-state index < -0.39 is 4.92 Å². The van der Waals surface area contributed by atoms with E-state index in [4.69, 9.17) is 5.73 Å². The molecule has 1 aliphatic rings. The fraction of sp³-hybridized carbons (Fsp3) is 0.417. The summed E-state index contributed by atoms with van der Waals surface area (Å²) in [6, 6.07) is 4.34. The standard InChI is InChI=1S/C12H16N4O3/c1-14-5-2-6-15(8-12(14)17)11-4-3-9(16(18)19)7-10(11)13/h3-4,7H,2,5-6,8,13H2,1H3. The zero-order chi connectivity index (χ0) is 14.0. The third-order valence-electron chi connectivity index (χ3n) is 3.24. The molecule has 1 heterocycles. The molecule has 1 saturated heterocycles. The van der Waals surface area contributed by atoms with Gasteiger partial charge in [0.2, 0.25) is 5.91 Å². The molecule has 0 saturated carbocycles. The number of carbonyl (C=O) groups excluding carboxylic acids is 1. The molecule has 102 valence electrons. The van der Waals surface area contributed by atoms with Crippen molar-refractivity contribution in [2.24, 2.45) is 0 Å². The lowest BCUT2D eigenvalue weighted by molar-refractivity contribution is -0.384. The zero-order valence-corrected chi connectivity index (χ0v) is 10.7. The molecule has 1 aromatic carbocycles. The van der Waals surface area contributed by atoms with Crippen molar-refractivity contribution in [2.75, 3.05) is 37.3 Å². The lowest BCUT2D eigenvalue weighted by Crippen LogP contribution is -2.34. The minimum absolute atomic E-state index is 0.0234. The predicted molar refractivity (Wildman–Crippen MR) is 72.0 cm³/mol. The minimum Gasteiger partial charge on any atom is -0.397 e. The highest BCUT2D eigenvalue weighted by Crippen LogP contribution is 2.28. The molecule has 1 fully saturated rings. The summed E-state index contributed by atoms with van der Waals surface area (Å²) in [4.78, 5) is 25.5. The molecule has 0 aromatic heterocycles. The summed E-state index contributed by atoms with van der Waals surface area (Å²) in [6.07, 6.45) is 0.846. The Balaban J connectivity index is 2.26. The van der Waals surface area contributed by atoms with E-state index in [1.165, 1.54) is 12.1 Å². The third kappa shape index (κ3) is 2.75. The van der Waals surface area contributed by atoms with Gasteiger partial charge in [-0.15, -0.1) is 0 Å². The maximum absolute atomic E-state index is 11.8. The third-order valence-corrected chi connectivity index (χ3v) is 3.24. The SMILES string of the molecule is CN1CCCN(c2ccc([N+](=O)[O-])cc2N)CC1=O. The Bertz CT molecular complexity index is 518. The van der Waals surface area contributed by atoms with Crippen molar-refractivity contribution in [3.05, 3.63) is 28.3 Å². The van der Waals surface area contributed by atoms with Crippen LogP contribution in [0.5, 0.6) is 0 Å². The molecule has 1 amide bonds. The number of rotatable bonds is 2. The van der Waals surface area contributed by atoms with Gasteiger partial charge in [-0.3, -0.25) is 14.9 Å². The van der Waals surface area contributed by atoms with E-state index in [0.717, 1.165) is 6.42 Å². The smallest absolute Gasteiger partial charge is 0.271 e. The van der Waals surface area contributed by atoms with Crippen LogP contribution < -0.4 is 10.6 Å². The van der Waals surface area contributed by atoms with Crippen molar-refractivity contribution in [3.8, 4) is 0 Å². The van der Waals surface area contributed by atoms with Crippen molar-refractivity contribution in [2.45, 2.75) is 6.42 Å². The van der Waals surface area contributed by atoms with E-state index in [1.807, 2.05) is 4.90 Å². The summed E-state index contributed by atoms with van der Waals surface area (Å²) in [5, 5.41) is 10.7. The van der Waals surface area contributed by atoms with Crippen LogP contribution in [-0.4, -0.2) is 42.4 Å². The summed E-state index contributed by atoms with van der Waals surface area (Å²) in [5.74, 6) is 0.0234. The summed E-state index contributed by atoms with van der Waals surface area (Å²) in [6.45, 7) is 1.67. The van der Waals surface area contributed by atoms with Crippen LogP contribution in [0.2, 0.25) is 0 Å². The quantitative estimate of drug-likeness (QED) is 0.485. The molecule has 0 aliphatic carbocycles. The maximum Gasteiger partial charge on any atom is 0.271 e. The monoisotopic (exact) mass is 264 g/mol. The first kappa shape index (κ1) is 13.1. The Morgan fingerprint density at radius 2 is 2.11 bits per heavy atom. The molecule has 2 rings (SSSR count). The van der Waals surface area contributed by atoms with Crippen LogP contribution in [-0.2, 0) is 4.79 Å². The van der Waals surface area contributed by atoms with Gasteiger partial charge in [-0.25, -0.2) is 0 Å². The lowest BCUT2D eigenvalue weighted by Gasteiger charge is -2.23. The van der Waals surface area contributed by atoms with Crippen molar-refractivity contribution >= 4 is 23.0 Å². The number of amides is 1. The molecule has 7 nitrogen and oxygen atoms in total. The Morgan fingerprint density at radius 3 is 2.74 bits per heavy atom. The van der Waals surface area contributed by atoms with Crippen LogP contribution in [0.25, 0.3) is 0 Å². The number of benzene rings is 1. The van der Waals surface area contributed by atoms with Crippen LogP contribution in [0.4, 0.5) is 17.1 Å². The highest BCUT2D eigenvalue weighted by Gasteiger charge is 2.21. The molecule has 0 bridgehead atoms. The summed E-state index contributed by atoms with van der Waals surface area (Å²) >= 11 is 0. The molecule has 0 unspecified atom stereocenters. The number of nitrogen functional groups attached to an aromatic ring is 1. The molecule has 1 aliphatic heterocycles. The van der Waals surface area contributed by atoms with Gasteiger partial charge in [-0.1, -0.05) is 0 Å². The van der Waals surface area contributed by atoms with Crippen molar-refractivity contribution in [1.29, 1.82) is 0 Å². The molecular formula is C12H16N4O3. The summed E-state index contributed by atoms with van der Waals surface area (Å²) in [5.41, 5.74) is 6.81. The first-order chi connectivity index (χ1) is 8.99. The van der Waals surface area contributed by atoms with E-state index in [1.54, 1.807) is 18.0 Å². The largest absolute Gasteiger partial charge is 0.397 e. The van der Waals surface area contributed by atoms with E-state index in [9.17, 15) is 14.9 Å². The second kappa shape index (κ2) is 5.13. The second-order valence-corrected chi connectivity index (χ2v) is 4.59. The lowest BCUT2D eigenvalue weighted by atomic mass is 10.2. The molecule has 7 heteroatoms. The number of nitro groups is 1. The Hall–Kier alpha value is -2.31. The average molecular weight is 264 g/mol. The van der Waals surface area contributed by atoms with Crippen molar-refractivity contribution in [1.82, 2.24) is 4.90 Å². The first-order valence-corrected chi connectivity index (χ1v) is 6.02. The van der Waals surface area contributed by atoms with Gasteiger partial charge >= 0.3 is 0 Å². The van der Waals surface area contributed by atoms with Crippen LogP contribution in [0.3, 0.4) is 0 Å². The number of hydrogen-bond donors (Lipinski definition) is 1. The molecule has 19 heavy (non-hydrogen) atoms. The van der Waals surface area contributed by atoms with Crippen LogP contribution in [0.15, 0.2) is 18.2 Å². The van der Waals surface area contributed by atoms with Gasteiger partial charge < -0.3 is 15.5 Å². The van der Waals surface area contributed by atoms with E-state index in [-0.39, 0.29) is 18.1 Å². The number of nitro benzene ring substituents is 1. The van der Waals surface area contributed by atoms with E-state index in [2.05, 4.69) is 0 Å². The van der Waals surface area contributed by atoms with Gasteiger partial charge in [0.15, 0.2) is 0 Å². The first-order valence-electron chi connectivity index (χ1n) is 6.02. The Labute approximate surface area is 110 Å². The molecular weight excluding hydrogens is 248 g/mol. The van der Waals surface area contributed by atoms with Crippen LogP contribution >= 0.6 is 0 Å². The predicted octanol–water partition coefficient (Wildman–Crippen LogP) is 0.845. The highest BCUT2D eigenvalue weighted by molar-refractivity contribution is 5.83. The molecule has 2 N–H and O–H groups in total. The fourth-order valence-electron chi connectivity index (χ4n) is 2.14. The number of likely N-dealkylation sites (N-methyl/N-ethyl adjacent to an activating group) is 1. The summed E-state index contributed by atoms with van der Waals surface area (Å²) < 4.78 is 0. The second-order valence-electron chi connectivity index (χ2n) is 4.59. The Kier molecular flexibility index (Phi) is 3.55. The van der Waals surface area contributed by atoms with Gasteiger partial charge in [0.1, 0.15) is 0 Å². The topological polar surface area (TPSA) is 92.7 Å². The molecule has 0 spiro atoms. The van der Waals surface area contributed by atoms with Gasteiger partial charge in [0.25, 0.3) is 5.69 Å². The van der Waals surface area contributed by atoms with Crippen LogP contribution in [0, 0.1) is 10.1 Å². The normalized spacial score (nSPS) is 16.4. The molecule has 1 aromatic rings. The fourth-order valence-corrected chi connectivity index (χ4v) is 2.14. The minimum atomic E-state index is -0.485. The highest BCUT2D eigenvalue weighted by atomic mass is 16.6. The van der Waals surface area contributed by atoms with E-state index in [0.29, 0.717) is 24.5 Å². The zero-order valence-electron chi connectivity index (χ0n) is 10.7. The molecule has 0 radical (unpaired) electrons. The number of nitrogens with zero attached hydrogens (tertiary/aromatic N) is 3. The number of non-ortho nitro benzene ring substituents is 1. The van der Waals surface area contributed by atoms with Gasteiger partial charge in [0, 0.05) is 32.3 Å². The van der Waals surface area contributed by atoms with Gasteiger partial charge in [-0.2, -0.15) is 0 Å². The number of nitrogens with two attached hydrogens (primary N) is 1. The number of carbonyl (C=O) groups is 1. The van der Waals surface area contributed by atoms with E-state index >= 15 is 0 Å². The van der Waals surface area contributed by atoms with Gasteiger partial charge in [-0.05, 0) is 12.5 Å².